The van der Waals surface area contributed by atoms with Crippen LogP contribution in [-0.2, 0) is 0 Å². The first-order valence-corrected chi connectivity index (χ1v) is 14.7. The van der Waals surface area contributed by atoms with Crippen LogP contribution in [0.2, 0.25) is 0 Å². The zero-order valence-electron chi connectivity index (χ0n) is 24.2. The molecule has 5 aromatic heterocycles. The molecule has 1 aliphatic heterocycles. The van der Waals surface area contributed by atoms with Crippen LogP contribution in [0.4, 0.5) is 23.0 Å². The number of para-hydroxylation sites is 4. The summed E-state index contributed by atoms with van der Waals surface area (Å²) in [5.41, 5.74) is 4.08. The minimum Gasteiger partial charge on any atom is -0.278 e. The van der Waals surface area contributed by atoms with E-state index in [-0.39, 0.29) is 0 Å². The quantitative estimate of drug-likeness (QED) is 0.191. The van der Waals surface area contributed by atoms with Crippen molar-refractivity contribution in [3.8, 4) is 11.6 Å². The lowest BCUT2D eigenvalue weighted by atomic mass is 10.2. The van der Waals surface area contributed by atoms with Gasteiger partial charge in [0.2, 0.25) is 5.82 Å². The van der Waals surface area contributed by atoms with Gasteiger partial charge in [0, 0.05) is 30.7 Å². The van der Waals surface area contributed by atoms with Crippen molar-refractivity contribution in [1.82, 2.24) is 24.5 Å². The molecule has 0 radical (unpaired) electrons. The van der Waals surface area contributed by atoms with Crippen molar-refractivity contribution in [3.63, 3.8) is 0 Å². The highest BCUT2D eigenvalue weighted by atomic mass is 15.4. The Morgan fingerprint density at radius 3 is 1.62 bits per heavy atom. The highest BCUT2D eigenvalue weighted by Crippen LogP contribution is 2.48. The molecule has 0 atom stereocenters. The Labute approximate surface area is 260 Å². The summed E-state index contributed by atoms with van der Waals surface area (Å²) in [6.07, 6.45) is 13.5. The van der Waals surface area contributed by atoms with Crippen LogP contribution in [0.25, 0.3) is 28.7 Å². The third kappa shape index (κ3) is 4.61. The fourth-order valence-corrected chi connectivity index (χ4v) is 5.80. The maximum atomic E-state index is 4.73. The summed E-state index contributed by atoms with van der Waals surface area (Å²) >= 11 is 0. The number of imidazole rings is 1. The smallest absolute Gasteiger partial charge is 0.267 e. The van der Waals surface area contributed by atoms with Crippen LogP contribution in [0.15, 0.2) is 164 Å². The maximum absolute atomic E-state index is 4.73. The lowest BCUT2D eigenvalue weighted by Gasteiger charge is -2.24. The third-order valence-corrected chi connectivity index (χ3v) is 7.65. The number of hydrogen-bond acceptors (Lipinski definition) is 6. The van der Waals surface area contributed by atoms with Gasteiger partial charge in [-0.2, -0.15) is 4.57 Å². The fraction of sp³-hybridized carbons (Fsp3) is 0. The molecule has 0 saturated carbocycles. The average Bonchev–Trinajstić information content (AvgIpc) is 3.62. The monoisotopic (exact) mass is 583 g/mol. The highest BCUT2D eigenvalue weighted by molar-refractivity contribution is 5.92. The van der Waals surface area contributed by atoms with Crippen LogP contribution >= 0.6 is 0 Å². The van der Waals surface area contributed by atoms with E-state index in [0.717, 1.165) is 57.3 Å². The molecule has 7 aromatic rings. The Kier molecular flexibility index (Phi) is 6.62. The Morgan fingerprint density at radius 2 is 1.04 bits per heavy atom. The van der Waals surface area contributed by atoms with E-state index in [2.05, 4.69) is 61.4 Å². The molecule has 8 nitrogen and oxygen atoms in total. The highest BCUT2D eigenvalue weighted by Gasteiger charge is 2.34. The molecular weight excluding hydrogens is 556 g/mol. The topological polar surface area (TPSA) is 66.9 Å². The van der Waals surface area contributed by atoms with Crippen LogP contribution in [0.1, 0.15) is 5.82 Å². The van der Waals surface area contributed by atoms with Crippen LogP contribution in [0, 0.1) is 0 Å². The van der Waals surface area contributed by atoms with Crippen LogP contribution in [0.3, 0.4) is 0 Å². The SMILES string of the molecule is C(/C=C/c1n(-c2ccccn2)c2ccccc2[n+]1-c1ccccn1)=C1N(c2ccccn2)c2ccccc2N1c1ccccn1. The summed E-state index contributed by atoms with van der Waals surface area (Å²) in [5.74, 6) is 5.05. The van der Waals surface area contributed by atoms with Gasteiger partial charge in [0.25, 0.3) is 5.82 Å². The molecule has 8 rings (SSSR count). The summed E-state index contributed by atoms with van der Waals surface area (Å²) in [4.78, 5) is 23.2. The molecule has 6 heterocycles. The van der Waals surface area contributed by atoms with Crippen molar-refractivity contribution in [3.05, 3.63) is 170 Å². The molecular formula is C37H27N8+. The van der Waals surface area contributed by atoms with Gasteiger partial charge in [0.1, 0.15) is 34.7 Å². The van der Waals surface area contributed by atoms with E-state index in [1.165, 1.54) is 0 Å². The van der Waals surface area contributed by atoms with Gasteiger partial charge in [0.15, 0.2) is 5.82 Å². The molecule has 2 aromatic carbocycles. The summed E-state index contributed by atoms with van der Waals surface area (Å²) in [7, 11) is 0. The standard InChI is InChI=1S/C37H27N8/c1-2-15-29-28(14-1)42(32-18-5-9-24-38-32)36(43(29)33-19-6-10-25-39-33)22-13-23-37-44(34-20-7-11-26-40-34)30-16-3-4-17-31(30)45(37)35-21-8-12-27-41-35/h1-27H/q+1. The van der Waals surface area contributed by atoms with Gasteiger partial charge in [-0.25, -0.2) is 19.5 Å². The molecule has 0 aliphatic carbocycles. The van der Waals surface area contributed by atoms with Gasteiger partial charge in [-0.1, -0.05) is 54.6 Å². The number of hydrogen-bond donors (Lipinski definition) is 0. The van der Waals surface area contributed by atoms with E-state index in [9.17, 15) is 0 Å². The van der Waals surface area contributed by atoms with Crippen molar-refractivity contribution in [2.45, 2.75) is 0 Å². The zero-order valence-corrected chi connectivity index (χ0v) is 24.2. The molecule has 1 aliphatic rings. The van der Waals surface area contributed by atoms with Crippen molar-refractivity contribution >= 4 is 40.1 Å². The lowest BCUT2D eigenvalue weighted by Crippen LogP contribution is -2.34. The number of fused-ring (bicyclic) bond motifs is 2. The second-order valence-electron chi connectivity index (χ2n) is 10.3. The van der Waals surface area contributed by atoms with Crippen LogP contribution in [0.5, 0.6) is 0 Å². The van der Waals surface area contributed by atoms with Gasteiger partial charge in [-0.3, -0.25) is 9.80 Å². The minimum absolute atomic E-state index is 0.814. The van der Waals surface area contributed by atoms with Crippen LogP contribution in [-0.4, -0.2) is 24.5 Å². The second-order valence-corrected chi connectivity index (χ2v) is 10.3. The van der Waals surface area contributed by atoms with E-state index in [0.29, 0.717) is 0 Å². The molecule has 45 heavy (non-hydrogen) atoms. The first kappa shape index (κ1) is 26.2. The van der Waals surface area contributed by atoms with Crippen molar-refractivity contribution < 1.29 is 4.57 Å². The normalized spacial score (nSPS) is 12.7. The molecule has 0 saturated heterocycles. The minimum atomic E-state index is 0.814. The van der Waals surface area contributed by atoms with E-state index in [1.807, 2.05) is 122 Å². The number of pyridine rings is 4. The molecule has 0 N–H and O–H groups in total. The van der Waals surface area contributed by atoms with Gasteiger partial charge in [-0.05, 0) is 72.8 Å². The first-order chi connectivity index (χ1) is 22.4. The lowest BCUT2D eigenvalue weighted by molar-refractivity contribution is -0.574. The predicted octanol–water partition coefficient (Wildman–Crippen LogP) is 7.33. The van der Waals surface area contributed by atoms with Crippen LogP contribution < -0.4 is 14.4 Å². The number of allylic oxidation sites excluding steroid dienone is 2. The third-order valence-electron chi connectivity index (χ3n) is 7.65. The number of rotatable bonds is 6. The fourth-order valence-electron chi connectivity index (χ4n) is 5.80. The number of aromatic nitrogens is 6. The van der Waals surface area contributed by atoms with Crippen molar-refractivity contribution in [2.75, 3.05) is 9.80 Å². The Hall–Kier alpha value is -6.41. The van der Waals surface area contributed by atoms with Crippen molar-refractivity contribution in [1.29, 1.82) is 0 Å². The molecule has 8 heteroatoms. The molecule has 0 spiro atoms. The molecule has 0 fully saturated rings. The predicted molar refractivity (Wildman–Crippen MR) is 177 cm³/mol. The average molecular weight is 584 g/mol. The van der Waals surface area contributed by atoms with Crippen molar-refractivity contribution in [2.24, 2.45) is 0 Å². The summed E-state index contributed by atoms with van der Waals surface area (Å²) in [6, 6.07) is 40.4. The Bertz CT molecular complexity index is 2010. The van der Waals surface area contributed by atoms with Gasteiger partial charge in [-0.15, -0.1) is 4.98 Å². The largest absolute Gasteiger partial charge is 0.278 e. The van der Waals surface area contributed by atoms with Gasteiger partial charge < -0.3 is 0 Å². The first-order valence-electron chi connectivity index (χ1n) is 14.7. The second kappa shape index (κ2) is 11.3. The van der Waals surface area contributed by atoms with Gasteiger partial charge >= 0.3 is 0 Å². The summed E-state index contributed by atoms with van der Waals surface area (Å²) < 4.78 is 4.32. The van der Waals surface area contributed by atoms with Gasteiger partial charge in [0.05, 0.1) is 11.4 Å². The number of anilines is 4. The Balaban J connectivity index is 1.35. The molecule has 214 valence electrons. The summed E-state index contributed by atoms with van der Waals surface area (Å²) in [6.45, 7) is 0. The van der Waals surface area contributed by atoms with E-state index < -0.39 is 0 Å². The Morgan fingerprint density at radius 1 is 0.511 bits per heavy atom. The molecule has 0 amide bonds. The van der Waals surface area contributed by atoms with E-state index in [1.54, 1.807) is 0 Å². The zero-order chi connectivity index (χ0) is 30.0. The maximum Gasteiger partial charge on any atom is 0.267 e. The number of nitrogens with zero attached hydrogens (tertiary/aromatic N) is 8. The summed E-state index contributed by atoms with van der Waals surface area (Å²) in [5, 5.41) is 0. The van der Waals surface area contributed by atoms with E-state index in [4.69, 9.17) is 19.9 Å². The molecule has 0 unspecified atom stereocenters. The van der Waals surface area contributed by atoms with E-state index >= 15 is 0 Å². The molecule has 0 bridgehead atoms. The number of benzene rings is 2.